The number of nitrogens with zero attached hydrogens (tertiary/aromatic N) is 1. The molecule has 0 saturated carbocycles. The van der Waals surface area contributed by atoms with Gasteiger partial charge in [0, 0.05) is 0 Å². The van der Waals surface area contributed by atoms with E-state index in [0.29, 0.717) is 12.2 Å². The number of hydrogen-bond acceptors (Lipinski definition) is 4. The van der Waals surface area contributed by atoms with Crippen LogP contribution in [0, 0.1) is 0 Å². The lowest BCUT2D eigenvalue weighted by atomic mass is 9.87. The van der Waals surface area contributed by atoms with Crippen LogP contribution in [0.5, 0.6) is 11.5 Å². The van der Waals surface area contributed by atoms with Crippen LogP contribution in [0.15, 0.2) is 53.6 Å². The van der Waals surface area contributed by atoms with Gasteiger partial charge in [0.25, 0.3) is 5.91 Å². The van der Waals surface area contributed by atoms with Crippen molar-refractivity contribution in [1.82, 2.24) is 5.43 Å². The van der Waals surface area contributed by atoms with Crippen LogP contribution < -0.4 is 10.2 Å². The van der Waals surface area contributed by atoms with E-state index in [1.807, 2.05) is 31.2 Å². The smallest absolute Gasteiger partial charge is 0.277 e. The first-order valence-corrected chi connectivity index (χ1v) is 8.67. The number of carbonyl (C=O) groups is 1. The van der Waals surface area contributed by atoms with Crippen molar-refractivity contribution < 1.29 is 14.6 Å². The van der Waals surface area contributed by atoms with E-state index in [2.05, 4.69) is 31.3 Å². The molecule has 1 amide bonds. The molecule has 5 nitrogen and oxygen atoms in total. The summed E-state index contributed by atoms with van der Waals surface area (Å²) in [4.78, 5) is 12.0. The van der Waals surface area contributed by atoms with E-state index in [-0.39, 0.29) is 23.7 Å². The van der Waals surface area contributed by atoms with Crippen molar-refractivity contribution in [2.24, 2.45) is 5.10 Å². The van der Waals surface area contributed by atoms with Gasteiger partial charge in [-0.2, -0.15) is 5.10 Å². The van der Waals surface area contributed by atoms with Crippen LogP contribution in [-0.4, -0.2) is 23.3 Å². The first kappa shape index (κ1) is 19.5. The molecule has 0 spiro atoms. The van der Waals surface area contributed by atoms with Crippen molar-refractivity contribution in [2.75, 3.05) is 6.61 Å². The van der Waals surface area contributed by atoms with Crippen LogP contribution in [0.25, 0.3) is 0 Å². The van der Waals surface area contributed by atoms with E-state index in [9.17, 15) is 9.90 Å². The third-order valence-corrected chi connectivity index (χ3v) is 3.94. The maximum Gasteiger partial charge on any atom is 0.277 e. The van der Waals surface area contributed by atoms with Crippen LogP contribution in [-0.2, 0) is 10.2 Å². The number of hydrazone groups is 1. The van der Waals surface area contributed by atoms with Gasteiger partial charge in [0.2, 0.25) is 0 Å². The molecule has 0 aliphatic heterocycles. The molecule has 0 aliphatic rings. The average Bonchev–Trinajstić information content (AvgIpc) is 2.61. The predicted molar refractivity (Wildman–Crippen MR) is 104 cm³/mol. The number of carbonyl (C=O) groups excluding carboxylic acids is 1. The number of phenolic OH excluding ortho intramolecular Hbond substituents is 1. The van der Waals surface area contributed by atoms with Crippen LogP contribution in [0.3, 0.4) is 0 Å². The first-order valence-electron chi connectivity index (χ1n) is 8.67. The van der Waals surface area contributed by atoms with Gasteiger partial charge in [0.05, 0.1) is 5.71 Å². The second-order valence-electron chi connectivity index (χ2n) is 7.06. The van der Waals surface area contributed by atoms with Gasteiger partial charge in [-0.15, -0.1) is 0 Å². The molecule has 0 unspecified atom stereocenters. The highest BCUT2D eigenvalue weighted by molar-refractivity contribution is 6.01. The second kappa shape index (κ2) is 8.52. The first-order chi connectivity index (χ1) is 12.3. The maximum atomic E-state index is 12.0. The van der Waals surface area contributed by atoms with E-state index in [0.717, 1.165) is 11.3 Å². The number of ether oxygens (including phenoxy) is 1. The van der Waals surface area contributed by atoms with Gasteiger partial charge in [0.1, 0.15) is 11.5 Å². The molecule has 0 fully saturated rings. The SMILES string of the molecule is CCC(=NNC(=O)COc1ccc(C(C)(C)C)cc1)c1ccc(O)cc1. The van der Waals surface area contributed by atoms with Crippen molar-refractivity contribution in [2.45, 2.75) is 39.5 Å². The predicted octanol–water partition coefficient (Wildman–Crippen LogP) is 4.00. The number of phenols is 1. The Hall–Kier alpha value is -2.82. The lowest BCUT2D eigenvalue weighted by Gasteiger charge is -2.19. The highest BCUT2D eigenvalue weighted by Crippen LogP contribution is 2.24. The van der Waals surface area contributed by atoms with Crippen LogP contribution in [0.2, 0.25) is 0 Å². The highest BCUT2D eigenvalue weighted by atomic mass is 16.5. The summed E-state index contributed by atoms with van der Waals surface area (Å²) in [5.41, 5.74) is 5.38. The zero-order valence-corrected chi connectivity index (χ0v) is 15.7. The third kappa shape index (κ3) is 5.62. The van der Waals surface area contributed by atoms with Gasteiger partial charge < -0.3 is 9.84 Å². The van der Waals surface area contributed by atoms with E-state index in [4.69, 9.17) is 4.74 Å². The summed E-state index contributed by atoms with van der Waals surface area (Å²) in [6.45, 7) is 8.28. The summed E-state index contributed by atoms with van der Waals surface area (Å²) in [6, 6.07) is 14.4. The largest absolute Gasteiger partial charge is 0.508 e. The fourth-order valence-electron chi connectivity index (χ4n) is 2.36. The fraction of sp³-hybridized carbons (Fsp3) is 0.333. The standard InChI is InChI=1S/C21H26N2O3/c1-5-19(15-6-10-17(24)11-7-15)22-23-20(25)14-26-18-12-8-16(9-13-18)21(2,3)4/h6-13,24H,5,14H2,1-4H3,(H,23,25). The molecule has 2 N–H and O–H groups in total. The molecule has 2 aromatic rings. The maximum absolute atomic E-state index is 12.0. The molecule has 0 aromatic heterocycles. The molecule has 26 heavy (non-hydrogen) atoms. The summed E-state index contributed by atoms with van der Waals surface area (Å²) in [5, 5.41) is 13.5. The van der Waals surface area contributed by atoms with Crippen molar-refractivity contribution in [3.05, 3.63) is 59.7 Å². The topological polar surface area (TPSA) is 70.9 Å². The van der Waals surface area contributed by atoms with Crippen molar-refractivity contribution in [1.29, 1.82) is 0 Å². The highest BCUT2D eigenvalue weighted by Gasteiger charge is 2.13. The molecule has 0 saturated heterocycles. The Kier molecular flexibility index (Phi) is 6.39. The minimum absolute atomic E-state index is 0.0788. The van der Waals surface area contributed by atoms with Gasteiger partial charge in [-0.05, 0) is 59.4 Å². The minimum Gasteiger partial charge on any atom is -0.508 e. The lowest BCUT2D eigenvalue weighted by molar-refractivity contribution is -0.123. The molecule has 0 heterocycles. The van der Waals surface area contributed by atoms with Crippen LogP contribution >= 0.6 is 0 Å². The quantitative estimate of drug-likeness (QED) is 0.608. The summed E-state index contributed by atoms with van der Waals surface area (Å²) >= 11 is 0. The van der Waals surface area contributed by atoms with Crippen LogP contribution in [0.4, 0.5) is 0 Å². The Morgan fingerprint density at radius 3 is 2.23 bits per heavy atom. The number of amides is 1. The monoisotopic (exact) mass is 354 g/mol. The zero-order chi connectivity index (χ0) is 19.2. The number of benzene rings is 2. The van der Waals surface area contributed by atoms with Gasteiger partial charge in [-0.25, -0.2) is 5.43 Å². The van der Waals surface area contributed by atoms with Gasteiger partial charge in [0.15, 0.2) is 6.61 Å². The number of rotatable bonds is 6. The number of aromatic hydroxyl groups is 1. The molecule has 2 aromatic carbocycles. The van der Waals surface area contributed by atoms with Gasteiger partial charge in [-0.1, -0.05) is 39.8 Å². The summed E-state index contributed by atoms with van der Waals surface area (Å²) in [6.07, 6.45) is 0.653. The lowest BCUT2D eigenvalue weighted by Crippen LogP contribution is -2.26. The minimum atomic E-state index is -0.324. The Balaban J connectivity index is 1.90. The molecule has 0 atom stereocenters. The van der Waals surface area contributed by atoms with Crippen molar-refractivity contribution in [3.8, 4) is 11.5 Å². The zero-order valence-electron chi connectivity index (χ0n) is 15.7. The van der Waals surface area contributed by atoms with E-state index in [1.165, 1.54) is 5.56 Å². The summed E-state index contributed by atoms with van der Waals surface area (Å²) < 4.78 is 5.51. The fourth-order valence-corrected chi connectivity index (χ4v) is 2.36. The van der Waals surface area contributed by atoms with Gasteiger partial charge >= 0.3 is 0 Å². The van der Waals surface area contributed by atoms with E-state index in [1.54, 1.807) is 24.3 Å². The van der Waals surface area contributed by atoms with E-state index < -0.39 is 0 Å². The van der Waals surface area contributed by atoms with Crippen molar-refractivity contribution >= 4 is 11.6 Å². The number of hydrogen-bond donors (Lipinski definition) is 2. The molecule has 2 rings (SSSR count). The Labute approximate surface area is 154 Å². The molecule has 0 bridgehead atoms. The van der Waals surface area contributed by atoms with Gasteiger partial charge in [-0.3, -0.25) is 4.79 Å². The summed E-state index contributed by atoms with van der Waals surface area (Å²) in [5.74, 6) is 0.514. The molecular formula is C21H26N2O3. The average molecular weight is 354 g/mol. The molecular weight excluding hydrogens is 328 g/mol. The third-order valence-electron chi connectivity index (χ3n) is 3.94. The Morgan fingerprint density at radius 1 is 1.08 bits per heavy atom. The molecule has 0 radical (unpaired) electrons. The summed E-state index contributed by atoms with van der Waals surface area (Å²) in [7, 11) is 0. The Morgan fingerprint density at radius 2 is 1.69 bits per heavy atom. The molecule has 5 heteroatoms. The second-order valence-corrected chi connectivity index (χ2v) is 7.06. The van der Waals surface area contributed by atoms with Crippen molar-refractivity contribution in [3.63, 3.8) is 0 Å². The van der Waals surface area contributed by atoms with Crippen LogP contribution in [0.1, 0.15) is 45.2 Å². The number of nitrogens with one attached hydrogen (secondary N) is 1. The Bertz CT molecular complexity index is 757. The molecule has 0 aliphatic carbocycles. The van der Waals surface area contributed by atoms with E-state index >= 15 is 0 Å². The molecule has 138 valence electrons. The normalized spacial score (nSPS) is 11.9.